The Kier molecular flexibility index (Phi) is 9.02. The summed E-state index contributed by atoms with van der Waals surface area (Å²) in [6.45, 7) is 4.12. The van der Waals surface area contributed by atoms with Crippen molar-refractivity contribution in [3.05, 3.63) is 93.0 Å². The van der Waals surface area contributed by atoms with E-state index in [1.54, 1.807) is 36.4 Å². The van der Waals surface area contributed by atoms with Crippen LogP contribution >= 0.6 is 11.6 Å². The molecule has 0 aromatic heterocycles. The summed E-state index contributed by atoms with van der Waals surface area (Å²) in [5.41, 5.74) is 3.77. The van der Waals surface area contributed by atoms with Gasteiger partial charge in [-0.1, -0.05) is 35.9 Å². The van der Waals surface area contributed by atoms with Crippen molar-refractivity contribution in [2.24, 2.45) is 5.10 Å². The van der Waals surface area contributed by atoms with E-state index in [4.69, 9.17) is 25.8 Å². The fraction of sp³-hybridized carbons (Fsp3) is 0.200. The Bertz CT molecular complexity index is 1200. The monoisotopic (exact) mass is 497 g/mol. The zero-order valence-corrected chi connectivity index (χ0v) is 19.9. The number of amides is 1. The summed E-state index contributed by atoms with van der Waals surface area (Å²) in [6, 6.07) is 18.5. The van der Waals surface area contributed by atoms with E-state index >= 15 is 0 Å². The van der Waals surface area contributed by atoms with Crippen LogP contribution in [0.15, 0.2) is 71.8 Å². The van der Waals surface area contributed by atoms with Gasteiger partial charge in [0.15, 0.2) is 23.4 Å². The number of hydrazone groups is 1. The van der Waals surface area contributed by atoms with Crippen molar-refractivity contribution in [2.45, 2.75) is 26.6 Å². The summed E-state index contributed by atoms with van der Waals surface area (Å²) in [4.78, 5) is 22.8. The lowest BCUT2D eigenvalue weighted by Gasteiger charge is -2.13. The first kappa shape index (κ1) is 25.5. The van der Waals surface area contributed by atoms with E-state index in [-0.39, 0.29) is 11.4 Å². The minimum Gasteiger partial charge on any atom is -0.490 e. The second kappa shape index (κ2) is 12.4. The molecular weight excluding hydrogens is 474 g/mol. The Labute approximate surface area is 207 Å². The molecule has 10 heteroatoms. The molecule has 0 fully saturated rings. The van der Waals surface area contributed by atoms with Crippen LogP contribution in [0.1, 0.15) is 25.0 Å². The number of hydrogen-bond acceptors (Lipinski definition) is 7. The van der Waals surface area contributed by atoms with E-state index in [2.05, 4.69) is 10.5 Å². The summed E-state index contributed by atoms with van der Waals surface area (Å²) < 4.78 is 17.0. The first-order chi connectivity index (χ1) is 16.9. The minimum absolute atomic E-state index is 0.000301. The number of hydrogen-bond donors (Lipinski definition) is 1. The van der Waals surface area contributed by atoms with Gasteiger partial charge in [0.05, 0.1) is 17.7 Å². The largest absolute Gasteiger partial charge is 0.490 e. The van der Waals surface area contributed by atoms with Crippen molar-refractivity contribution in [3.8, 4) is 17.2 Å². The van der Waals surface area contributed by atoms with Gasteiger partial charge in [-0.2, -0.15) is 5.10 Å². The van der Waals surface area contributed by atoms with Gasteiger partial charge in [-0.25, -0.2) is 5.43 Å². The van der Waals surface area contributed by atoms with Gasteiger partial charge in [-0.05, 0) is 61.4 Å². The van der Waals surface area contributed by atoms with Crippen molar-refractivity contribution in [1.82, 2.24) is 5.43 Å². The smallest absolute Gasteiger partial charge is 0.310 e. The molecule has 3 rings (SSSR count). The number of ether oxygens (including phenoxy) is 3. The number of rotatable bonds is 11. The molecule has 1 atom stereocenters. The highest BCUT2D eigenvalue weighted by Crippen LogP contribution is 2.29. The highest BCUT2D eigenvalue weighted by molar-refractivity contribution is 6.30. The molecule has 0 radical (unpaired) electrons. The number of nitrogens with one attached hydrogen (secondary N) is 1. The molecule has 0 aliphatic heterocycles. The maximum Gasteiger partial charge on any atom is 0.310 e. The van der Waals surface area contributed by atoms with E-state index in [9.17, 15) is 14.9 Å². The molecule has 0 unspecified atom stereocenters. The highest BCUT2D eigenvalue weighted by Gasteiger charge is 2.20. The van der Waals surface area contributed by atoms with Crippen LogP contribution < -0.4 is 19.6 Å². The minimum atomic E-state index is -1.00. The molecular formula is C25H24ClN3O6. The van der Waals surface area contributed by atoms with Crippen molar-refractivity contribution in [1.29, 1.82) is 0 Å². The second-order valence-electron chi connectivity index (χ2n) is 7.27. The molecule has 0 saturated carbocycles. The third kappa shape index (κ3) is 7.44. The Morgan fingerprint density at radius 1 is 1.09 bits per heavy atom. The third-order valence-corrected chi connectivity index (χ3v) is 4.95. The molecule has 0 spiro atoms. The Hall–Kier alpha value is -4.11. The lowest BCUT2D eigenvalue weighted by molar-refractivity contribution is -0.386. The van der Waals surface area contributed by atoms with Crippen LogP contribution in [0.25, 0.3) is 0 Å². The van der Waals surface area contributed by atoms with Gasteiger partial charge < -0.3 is 14.2 Å². The number of halogens is 1. The first-order valence-electron chi connectivity index (χ1n) is 10.7. The fourth-order valence-corrected chi connectivity index (χ4v) is 3.07. The lowest BCUT2D eigenvalue weighted by atomic mass is 10.2. The van der Waals surface area contributed by atoms with Crippen LogP contribution in [-0.2, 0) is 11.4 Å². The number of benzene rings is 3. The molecule has 0 aliphatic carbocycles. The Morgan fingerprint density at radius 3 is 2.54 bits per heavy atom. The molecule has 3 aromatic carbocycles. The molecule has 35 heavy (non-hydrogen) atoms. The number of nitrogens with zero attached hydrogens (tertiary/aromatic N) is 2. The predicted octanol–water partition coefficient (Wildman–Crippen LogP) is 5.14. The normalized spacial score (nSPS) is 11.6. The number of para-hydroxylation sites is 2. The van der Waals surface area contributed by atoms with Crippen LogP contribution in [0.2, 0.25) is 5.02 Å². The SMILES string of the molecule is CCOc1cc(/C=N\NC(=O)[C@@H](C)Oc2ccccc2[N+](=O)[O-])ccc1OCc1ccc(Cl)cc1. The van der Waals surface area contributed by atoms with Gasteiger partial charge in [0.1, 0.15) is 6.61 Å². The zero-order valence-electron chi connectivity index (χ0n) is 19.1. The number of nitro benzene ring substituents is 1. The molecule has 0 bridgehead atoms. The summed E-state index contributed by atoms with van der Waals surface area (Å²) >= 11 is 5.91. The van der Waals surface area contributed by atoms with E-state index in [0.29, 0.717) is 35.3 Å². The summed E-state index contributed by atoms with van der Waals surface area (Å²) in [7, 11) is 0. The molecule has 0 aliphatic rings. The molecule has 1 N–H and O–H groups in total. The van der Waals surface area contributed by atoms with Crippen LogP contribution in [0.4, 0.5) is 5.69 Å². The first-order valence-corrected chi connectivity index (χ1v) is 11.1. The van der Waals surface area contributed by atoms with Crippen LogP contribution in [-0.4, -0.2) is 29.8 Å². The average Bonchev–Trinajstić information content (AvgIpc) is 2.85. The van der Waals surface area contributed by atoms with Gasteiger partial charge in [-0.3, -0.25) is 14.9 Å². The van der Waals surface area contributed by atoms with E-state index in [1.807, 2.05) is 19.1 Å². The predicted molar refractivity (Wildman–Crippen MR) is 132 cm³/mol. The van der Waals surface area contributed by atoms with Crippen molar-refractivity contribution < 1.29 is 23.9 Å². The van der Waals surface area contributed by atoms with E-state index < -0.39 is 16.9 Å². The third-order valence-electron chi connectivity index (χ3n) is 4.70. The summed E-state index contributed by atoms with van der Waals surface area (Å²) in [6.07, 6.45) is 0.442. The number of carbonyl (C=O) groups excluding carboxylic acids is 1. The van der Waals surface area contributed by atoms with Crippen LogP contribution in [0.5, 0.6) is 17.2 Å². The van der Waals surface area contributed by atoms with Gasteiger partial charge in [0.25, 0.3) is 5.91 Å². The molecule has 0 saturated heterocycles. The van der Waals surface area contributed by atoms with E-state index in [0.717, 1.165) is 5.56 Å². The summed E-state index contributed by atoms with van der Waals surface area (Å²) in [5, 5.41) is 15.7. The quantitative estimate of drug-likeness (QED) is 0.223. The van der Waals surface area contributed by atoms with Gasteiger partial charge >= 0.3 is 5.69 Å². The molecule has 0 heterocycles. The lowest BCUT2D eigenvalue weighted by Crippen LogP contribution is -2.33. The Balaban J connectivity index is 1.60. The van der Waals surface area contributed by atoms with Gasteiger partial charge in [0.2, 0.25) is 0 Å². The average molecular weight is 498 g/mol. The molecule has 1 amide bonds. The maximum atomic E-state index is 12.3. The topological polar surface area (TPSA) is 112 Å². The van der Waals surface area contributed by atoms with Gasteiger partial charge in [-0.15, -0.1) is 0 Å². The van der Waals surface area contributed by atoms with Gasteiger partial charge in [0, 0.05) is 11.1 Å². The second-order valence-corrected chi connectivity index (χ2v) is 7.71. The molecule has 3 aromatic rings. The zero-order chi connectivity index (χ0) is 25.2. The molecule has 9 nitrogen and oxygen atoms in total. The fourth-order valence-electron chi connectivity index (χ4n) is 2.95. The van der Waals surface area contributed by atoms with Crippen molar-refractivity contribution >= 4 is 29.4 Å². The number of carbonyl (C=O) groups is 1. The van der Waals surface area contributed by atoms with E-state index in [1.165, 1.54) is 31.3 Å². The number of nitro groups is 1. The summed E-state index contributed by atoms with van der Waals surface area (Å²) in [5.74, 6) is 0.534. The Morgan fingerprint density at radius 2 is 1.83 bits per heavy atom. The van der Waals surface area contributed by atoms with Crippen LogP contribution in [0.3, 0.4) is 0 Å². The van der Waals surface area contributed by atoms with Crippen LogP contribution in [0, 0.1) is 10.1 Å². The van der Waals surface area contributed by atoms with Crippen molar-refractivity contribution in [2.75, 3.05) is 6.61 Å². The standard InChI is InChI=1S/C25H24ClN3O6/c1-3-33-24-14-19(10-13-23(24)34-16-18-8-11-20(26)12-9-18)15-27-28-25(30)17(2)35-22-7-5-4-6-21(22)29(31)32/h4-15,17H,3,16H2,1-2H3,(H,28,30)/b27-15-/t17-/m1/s1. The highest BCUT2D eigenvalue weighted by atomic mass is 35.5. The maximum absolute atomic E-state index is 12.3. The molecule has 182 valence electrons. The van der Waals surface area contributed by atoms with Crippen molar-refractivity contribution in [3.63, 3.8) is 0 Å².